The number of hydrogen-bond acceptors (Lipinski definition) is 6. The van der Waals surface area contributed by atoms with Gasteiger partial charge in [0.2, 0.25) is 0 Å². The fourth-order valence-corrected chi connectivity index (χ4v) is 1.49. The third kappa shape index (κ3) is 7.40. The Hall–Kier alpha value is -1.70. The lowest BCUT2D eigenvalue weighted by Crippen LogP contribution is -2.46. The van der Waals surface area contributed by atoms with E-state index in [1.165, 1.54) is 12.2 Å². The van der Waals surface area contributed by atoms with Crippen LogP contribution in [-0.2, 0) is 19.0 Å². The average Bonchev–Trinajstić information content (AvgIpc) is 2.52. The van der Waals surface area contributed by atoms with Crippen LogP contribution in [0.3, 0.4) is 0 Å². The van der Waals surface area contributed by atoms with E-state index in [-0.39, 0.29) is 26.4 Å². The van der Waals surface area contributed by atoms with E-state index in [1.807, 2.05) is 0 Å². The molecular formula is C16H27NO6. The number of esters is 1. The van der Waals surface area contributed by atoms with Gasteiger partial charge in [-0.2, -0.15) is 0 Å². The van der Waals surface area contributed by atoms with Crippen LogP contribution in [-0.4, -0.2) is 66.2 Å². The van der Waals surface area contributed by atoms with E-state index in [2.05, 4.69) is 13.2 Å². The highest BCUT2D eigenvalue weighted by molar-refractivity contribution is 5.80. The van der Waals surface area contributed by atoms with Crippen LogP contribution in [0.1, 0.15) is 20.8 Å². The second-order valence-electron chi connectivity index (χ2n) is 5.33. The van der Waals surface area contributed by atoms with E-state index in [4.69, 9.17) is 14.2 Å². The summed E-state index contributed by atoms with van der Waals surface area (Å²) in [5, 5.41) is 21.5. The number of carbonyl (C=O) groups excluding carboxylic acids is 1. The third-order valence-electron chi connectivity index (χ3n) is 2.88. The Kier molecular flexibility index (Phi) is 10.1. The molecule has 0 radical (unpaired) electrons. The van der Waals surface area contributed by atoms with Gasteiger partial charge in [-0.25, -0.2) is 9.53 Å². The van der Waals surface area contributed by atoms with Crippen molar-refractivity contribution in [1.29, 1.82) is 0 Å². The van der Waals surface area contributed by atoms with Gasteiger partial charge in [0.05, 0.1) is 19.8 Å². The Morgan fingerprint density at radius 1 is 1.30 bits per heavy atom. The van der Waals surface area contributed by atoms with Gasteiger partial charge in [-0.3, -0.25) is 0 Å². The lowest BCUT2D eigenvalue weighted by atomic mass is 10.1. The van der Waals surface area contributed by atoms with Gasteiger partial charge in [0.25, 0.3) is 0 Å². The zero-order valence-electron chi connectivity index (χ0n) is 14.1. The summed E-state index contributed by atoms with van der Waals surface area (Å²) < 4.78 is 16.4. The molecule has 0 aromatic heterocycles. The van der Waals surface area contributed by atoms with E-state index in [0.717, 1.165) is 6.21 Å². The summed E-state index contributed by atoms with van der Waals surface area (Å²) in [7, 11) is 0. The number of hydroxylamine groups is 1. The maximum absolute atomic E-state index is 12.2. The topological polar surface area (TPSA) is 91.1 Å². The third-order valence-corrected chi connectivity index (χ3v) is 2.88. The summed E-state index contributed by atoms with van der Waals surface area (Å²) in [6.45, 7) is 11.9. The van der Waals surface area contributed by atoms with Crippen molar-refractivity contribution in [3.05, 3.63) is 30.5 Å². The molecule has 7 nitrogen and oxygen atoms in total. The van der Waals surface area contributed by atoms with Gasteiger partial charge in [-0.1, -0.05) is 12.2 Å². The van der Waals surface area contributed by atoms with Crippen LogP contribution >= 0.6 is 0 Å². The van der Waals surface area contributed by atoms with Gasteiger partial charge in [0, 0.05) is 13.8 Å². The minimum atomic E-state index is -1.13. The number of ether oxygens (including phenoxy) is 3. The van der Waals surface area contributed by atoms with E-state index in [1.54, 1.807) is 20.8 Å². The molecule has 0 unspecified atom stereocenters. The Morgan fingerprint density at radius 3 is 2.35 bits per heavy atom. The molecular weight excluding hydrogens is 302 g/mol. The SMILES string of the molecule is C=CCO[C@@H](/C=[N+](\[O-])C(C)(C)CO)[C@@H](OCC=C)C(=O)OCC. The number of carbonyl (C=O) groups is 1. The van der Waals surface area contributed by atoms with Crippen molar-refractivity contribution in [3.8, 4) is 0 Å². The molecule has 0 rings (SSSR count). The highest BCUT2D eigenvalue weighted by Crippen LogP contribution is 2.10. The quantitative estimate of drug-likeness (QED) is 0.144. The Balaban J connectivity index is 5.48. The van der Waals surface area contributed by atoms with E-state index >= 15 is 0 Å². The normalized spacial score (nSPS) is 14.9. The smallest absolute Gasteiger partial charge is 0.338 e. The predicted octanol–water partition coefficient (Wildman–Crippen LogP) is 1.04. The first-order chi connectivity index (χ1) is 10.8. The number of nitrogens with zero attached hydrogens (tertiary/aromatic N) is 1. The molecule has 0 aliphatic rings. The van der Waals surface area contributed by atoms with Gasteiger partial charge in [0.1, 0.15) is 6.61 Å². The summed E-state index contributed by atoms with van der Waals surface area (Å²) in [5.41, 5.74) is -1.06. The summed E-state index contributed by atoms with van der Waals surface area (Å²) in [6, 6.07) is 0. The number of aliphatic hydroxyl groups is 1. The van der Waals surface area contributed by atoms with Gasteiger partial charge in [-0.15, -0.1) is 13.2 Å². The van der Waals surface area contributed by atoms with Crippen molar-refractivity contribution < 1.29 is 28.9 Å². The van der Waals surface area contributed by atoms with Crippen molar-refractivity contribution in [1.82, 2.24) is 0 Å². The van der Waals surface area contributed by atoms with E-state index < -0.39 is 23.7 Å². The molecule has 0 amide bonds. The zero-order chi connectivity index (χ0) is 17.9. The number of hydrogen-bond donors (Lipinski definition) is 1. The minimum Gasteiger partial charge on any atom is -0.624 e. The van der Waals surface area contributed by atoms with Gasteiger partial charge in [0.15, 0.2) is 24.0 Å². The van der Waals surface area contributed by atoms with Gasteiger partial charge in [-0.05, 0) is 6.92 Å². The van der Waals surface area contributed by atoms with Crippen LogP contribution < -0.4 is 0 Å². The van der Waals surface area contributed by atoms with Crippen molar-refractivity contribution in [3.63, 3.8) is 0 Å². The zero-order valence-corrected chi connectivity index (χ0v) is 14.1. The maximum atomic E-state index is 12.2. The molecule has 0 aliphatic heterocycles. The fraction of sp³-hybridized carbons (Fsp3) is 0.625. The molecule has 0 spiro atoms. The first-order valence-electron chi connectivity index (χ1n) is 7.38. The molecule has 0 saturated carbocycles. The van der Waals surface area contributed by atoms with E-state index in [9.17, 15) is 15.1 Å². The summed E-state index contributed by atoms with van der Waals surface area (Å²) in [4.78, 5) is 12.1. The molecule has 0 fully saturated rings. The molecule has 23 heavy (non-hydrogen) atoms. The second-order valence-corrected chi connectivity index (χ2v) is 5.33. The van der Waals surface area contributed by atoms with Crippen molar-refractivity contribution in [2.75, 3.05) is 26.4 Å². The molecule has 0 aromatic carbocycles. The fourth-order valence-electron chi connectivity index (χ4n) is 1.49. The molecule has 0 aliphatic carbocycles. The summed E-state index contributed by atoms with van der Waals surface area (Å²) >= 11 is 0. The predicted molar refractivity (Wildman–Crippen MR) is 87.4 cm³/mol. The number of rotatable bonds is 12. The van der Waals surface area contributed by atoms with Crippen molar-refractivity contribution >= 4 is 12.2 Å². The lowest BCUT2D eigenvalue weighted by Gasteiger charge is -2.26. The molecule has 0 bridgehead atoms. The van der Waals surface area contributed by atoms with Crippen molar-refractivity contribution in [2.45, 2.75) is 38.5 Å². The van der Waals surface area contributed by atoms with Crippen LogP contribution in [0, 0.1) is 5.21 Å². The Labute approximate surface area is 137 Å². The highest BCUT2D eigenvalue weighted by Gasteiger charge is 2.35. The van der Waals surface area contributed by atoms with Crippen molar-refractivity contribution in [2.24, 2.45) is 0 Å². The van der Waals surface area contributed by atoms with Crippen LogP contribution in [0.2, 0.25) is 0 Å². The molecule has 7 heteroatoms. The van der Waals surface area contributed by atoms with Crippen LogP contribution in [0.5, 0.6) is 0 Å². The number of aliphatic hydroxyl groups excluding tert-OH is 1. The first-order valence-corrected chi connectivity index (χ1v) is 7.38. The van der Waals surface area contributed by atoms with Crippen LogP contribution in [0.15, 0.2) is 25.3 Å². The van der Waals surface area contributed by atoms with Gasteiger partial charge < -0.3 is 24.5 Å². The van der Waals surface area contributed by atoms with Gasteiger partial charge >= 0.3 is 5.97 Å². The van der Waals surface area contributed by atoms with E-state index in [0.29, 0.717) is 4.74 Å². The maximum Gasteiger partial charge on any atom is 0.338 e. The molecule has 0 aromatic rings. The Morgan fingerprint density at radius 2 is 1.87 bits per heavy atom. The average molecular weight is 329 g/mol. The van der Waals surface area contributed by atoms with Crippen LogP contribution in [0.4, 0.5) is 0 Å². The molecule has 132 valence electrons. The van der Waals surface area contributed by atoms with Crippen LogP contribution in [0.25, 0.3) is 0 Å². The largest absolute Gasteiger partial charge is 0.624 e. The summed E-state index contributed by atoms with van der Waals surface area (Å²) in [5.74, 6) is -0.644. The highest BCUT2D eigenvalue weighted by atomic mass is 16.6. The minimum absolute atomic E-state index is 0.0908. The molecule has 2 atom stereocenters. The second kappa shape index (κ2) is 10.9. The monoisotopic (exact) mass is 329 g/mol. The Bertz CT molecular complexity index is 419. The first kappa shape index (κ1) is 21.3. The molecule has 0 heterocycles. The lowest BCUT2D eigenvalue weighted by molar-refractivity contribution is -0.542. The molecule has 0 saturated heterocycles. The summed E-state index contributed by atoms with van der Waals surface area (Å²) in [6.07, 6.45) is 2.01. The molecule has 1 N–H and O–H groups in total. The standard InChI is InChI=1S/C16H27NO6/c1-6-9-22-13(11-17(20)16(4,5)12-18)14(23-10-7-2)15(19)21-8-3/h6-7,11,13-14,18H,1-2,8-10,12H2,3-5H3/b17-11-/t13-,14+/m0/s1.